The first kappa shape index (κ1) is 13.9. The minimum Gasteiger partial charge on any atom is -0.493 e. The van der Waals surface area contributed by atoms with Crippen molar-refractivity contribution in [3.05, 3.63) is 30.0 Å². The third-order valence-corrected chi connectivity index (χ3v) is 3.16. The molecule has 2 aromatic rings. The van der Waals surface area contributed by atoms with E-state index < -0.39 is 0 Å². The van der Waals surface area contributed by atoms with Gasteiger partial charge in [0.1, 0.15) is 5.76 Å². The van der Waals surface area contributed by atoms with Gasteiger partial charge < -0.3 is 19.2 Å². The lowest BCUT2D eigenvalue weighted by atomic mass is 10.2. The molecule has 1 aromatic carbocycles. The Morgan fingerprint density at radius 1 is 1.32 bits per heavy atom. The summed E-state index contributed by atoms with van der Waals surface area (Å²) in [4.78, 5) is 0. The summed E-state index contributed by atoms with van der Waals surface area (Å²) in [6, 6.07) is 8.35. The molecule has 4 heteroatoms. The van der Waals surface area contributed by atoms with Gasteiger partial charge in [-0.2, -0.15) is 0 Å². The monoisotopic (exact) mass is 263 g/mol. The molecule has 0 aliphatic carbocycles. The molecule has 0 radical (unpaired) electrons. The lowest BCUT2D eigenvalue weighted by Gasteiger charge is -2.11. The van der Waals surface area contributed by atoms with Gasteiger partial charge in [-0.3, -0.25) is 0 Å². The van der Waals surface area contributed by atoms with Gasteiger partial charge in [-0.05, 0) is 25.5 Å². The zero-order chi connectivity index (χ0) is 13.7. The van der Waals surface area contributed by atoms with Crippen LogP contribution in [-0.2, 0) is 11.3 Å². The van der Waals surface area contributed by atoms with Crippen molar-refractivity contribution >= 4 is 11.0 Å². The molecule has 0 bridgehead atoms. The zero-order valence-corrected chi connectivity index (χ0v) is 11.7. The Kier molecular flexibility index (Phi) is 4.82. The highest BCUT2D eigenvalue weighted by Gasteiger charge is 2.09. The Morgan fingerprint density at radius 2 is 2.16 bits per heavy atom. The Hall–Kier alpha value is -1.52. The molecule has 1 atom stereocenters. The first-order valence-corrected chi connectivity index (χ1v) is 6.52. The smallest absolute Gasteiger partial charge is 0.176 e. The highest BCUT2D eigenvalue weighted by atomic mass is 16.5. The first-order chi connectivity index (χ1) is 9.24. The van der Waals surface area contributed by atoms with E-state index in [1.807, 2.05) is 24.3 Å². The quantitative estimate of drug-likeness (QED) is 0.834. The molecule has 1 heterocycles. The molecule has 1 N–H and O–H groups in total. The predicted octanol–water partition coefficient (Wildman–Crippen LogP) is 2.96. The standard InChI is InChI=1S/C15H21NO3/c1-11(7-8-17-2)16-10-13-9-12-5-4-6-14(18-3)15(12)19-13/h4-6,9,11,16H,7-8,10H2,1-3H3. The fourth-order valence-corrected chi connectivity index (χ4v) is 2.01. The van der Waals surface area contributed by atoms with Crippen molar-refractivity contribution < 1.29 is 13.9 Å². The maximum Gasteiger partial charge on any atom is 0.176 e. The maximum atomic E-state index is 5.83. The van der Waals surface area contributed by atoms with Crippen LogP contribution in [0, 0.1) is 0 Å². The largest absolute Gasteiger partial charge is 0.493 e. The molecule has 0 spiro atoms. The minimum absolute atomic E-state index is 0.398. The van der Waals surface area contributed by atoms with Crippen molar-refractivity contribution in [1.29, 1.82) is 0 Å². The average molecular weight is 263 g/mol. The van der Waals surface area contributed by atoms with Crippen LogP contribution in [0.3, 0.4) is 0 Å². The van der Waals surface area contributed by atoms with E-state index >= 15 is 0 Å². The van der Waals surface area contributed by atoms with Crippen LogP contribution in [0.2, 0.25) is 0 Å². The number of rotatable bonds is 7. The molecular formula is C15H21NO3. The second-order valence-corrected chi connectivity index (χ2v) is 4.65. The number of fused-ring (bicyclic) bond motifs is 1. The first-order valence-electron chi connectivity index (χ1n) is 6.52. The minimum atomic E-state index is 0.398. The number of benzene rings is 1. The topological polar surface area (TPSA) is 43.6 Å². The summed E-state index contributed by atoms with van der Waals surface area (Å²) in [7, 11) is 3.38. The van der Waals surface area contributed by atoms with Gasteiger partial charge in [0.15, 0.2) is 11.3 Å². The number of ether oxygens (including phenoxy) is 2. The van der Waals surface area contributed by atoms with Gasteiger partial charge in [-0.1, -0.05) is 12.1 Å². The van der Waals surface area contributed by atoms with Gasteiger partial charge in [0.2, 0.25) is 0 Å². The summed E-state index contributed by atoms with van der Waals surface area (Å²) in [5.41, 5.74) is 0.811. The second-order valence-electron chi connectivity index (χ2n) is 4.65. The summed E-state index contributed by atoms with van der Waals surface area (Å²) in [5, 5.41) is 4.49. The van der Waals surface area contributed by atoms with E-state index in [2.05, 4.69) is 12.2 Å². The molecule has 2 rings (SSSR count). The molecule has 0 saturated carbocycles. The predicted molar refractivity (Wildman–Crippen MR) is 75.6 cm³/mol. The van der Waals surface area contributed by atoms with Gasteiger partial charge in [0.05, 0.1) is 13.7 Å². The SMILES string of the molecule is COCCC(C)NCc1cc2cccc(OC)c2o1. The van der Waals surface area contributed by atoms with E-state index in [1.165, 1.54) is 0 Å². The Bertz CT molecular complexity index is 521. The van der Waals surface area contributed by atoms with Crippen molar-refractivity contribution in [2.24, 2.45) is 0 Å². The fourth-order valence-electron chi connectivity index (χ4n) is 2.01. The van der Waals surface area contributed by atoms with Gasteiger partial charge in [0, 0.05) is 25.1 Å². The van der Waals surface area contributed by atoms with Crippen molar-refractivity contribution in [3.63, 3.8) is 0 Å². The van der Waals surface area contributed by atoms with E-state index in [-0.39, 0.29) is 0 Å². The summed E-state index contributed by atoms with van der Waals surface area (Å²) < 4.78 is 16.2. The van der Waals surface area contributed by atoms with E-state index in [1.54, 1.807) is 14.2 Å². The Balaban J connectivity index is 2.01. The maximum absolute atomic E-state index is 5.83. The lowest BCUT2D eigenvalue weighted by molar-refractivity contribution is 0.184. The van der Waals surface area contributed by atoms with Crippen LogP contribution >= 0.6 is 0 Å². The molecule has 1 aromatic heterocycles. The normalized spacial score (nSPS) is 12.8. The van der Waals surface area contributed by atoms with Crippen LogP contribution in [0.5, 0.6) is 5.75 Å². The number of hydrogen-bond donors (Lipinski definition) is 1. The van der Waals surface area contributed by atoms with E-state index in [0.29, 0.717) is 12.6 Å². The lowest BCUT2D eigenvalue weighted by Crippen LogP contribution is -2.26. The zero-order valence-electron chi connectivity index (χ0n) is 11.7. The summed E-state index contributed by atoms with van der Waals surface area (Å²) in [6.45, 7) is 3.62. The third-order valence-electron chi connectivity index (χ3n) is 3.16. The molecule has 0 amide bonds. The molecular weight excluding hydrogens is 242 g/mol. The summed E-state index contributed by atoms with van der Waals surface area (Å²) >= 11 is 0. The molecule has 1 unspecified atom stereocenters. The summed E-state index contributed by atoms with van der Waals surface area (Å²) in [6.07, 6.45) is 0.986. The van der Waals surface area contributed by atoms with E-state index in [0.717, 1.165) is 35.5 Å². The molecule has 0 aliphatic heterocycles. The van der Waals surface area contributed by atoms with Crippen LogP contribution in [0.1, 0.15) is 19.1 Å². The number of nitrogens with one attached hydrogen (secondary N) is 1. The van der Waals surface area contributed by atoms with Gasteiger partial charge >= 0.3 is 0 Å². The fraction of sp³-hybridized carbons (Fsp3) is 0.467. The van der Waals surface area contributed by atoms with Gasteiger partial charge in [-0.25, -0.2) is 0 Å². The number of para-hydroxylation sites is 1. The van der Waals surface area contributed by atoms with Crippen molar-refractivity contribution in [3.8, 4) is 5.75 Å². The Morgan fingerprint density at radius 3 is 2.89 bits per heavy atom. The van der Waals surface area contributed by atoms with E-state index in [4.69, 9.17) is 13.9 Å². The average Bonchev–Trinajstić information content (AvgIpc) is 2.85. The molecule has 0 aliphatic rings. The number of furan rings is 1. The van der Waals surface area contributed by atoms with Gasteiger partial charge in [-0.15, -0.1) is 0 Å². The van der Waals surface area contributed by atoms with Crippen LogP contribution in [0.15, 0.2) is 28.7 Å². The number of hydrogen-bond acceptors (Lipinski definition) is 4. The van der Waals surface area contributed by atoms with Gasteiger partial charge in [0.25, 0.3) is 0 Å². The molecule has 19 heavy (non-hydrogen) atoms. The molecule has 0 fully saturated rings. The van der Waals surface area contributed by atoms with Crippen LogP contribution in [0.25, 0.3) is 11.0 Å². The van der Waals surface area contributed by atoms with Crippen LogP contribution in [-0.4, -0.2) is 26.9 Å². The van der Waals surface area contributed by atoms with Crippen molar-refractivity contribution in [2.75, 3.05) is 20.8 Å². The third kappa shape index (κ3) is 3.49. The highest BCUT2D eigenvalue weighted by Crippen LogP contribution is 2.28. The Labute approximate surface area is 113 Å². The summed E-state index contributed by atoms with van der Waals surface area (Å²) in [5.74, 6) is 1.69. The molecule has 4 nitrogen and oxygen atoms in total. The van der Waals surface area contributed by atoms with Crippen LogP contribution < -0.4 is 10.1 Å². The second kappa shape index (κ2) is 6.59. The highest BCUT2D eigenvalue weighted by molar-refractivity contribution is 5.83. The molecule has 0 saturated heterocycles. The van der Waals surface area contributed by atoms with E-state index in [9.17, 15) is 0 Å². The number of methoxy groups -OCH3 is 2. The van der Waals surface area contributed by atoms with Crippen molar-refractivity contribution in [1.82, 2.24) is 5.32 Å². The van der Waals surface area contributed by atoms with Crippen molar-refractivity contribution in [2.45, 2.75) is 25.9 Å². The molecule has 104 valence electrons. The van der Waals surface area contributed by atoms with Crippen LogP contribution in [0.4, 0.5) is 0 Å².